The lowest BCUT2D eigenvalue weighted by Crippen LogP contribution is -2.42. The summed E-state index contributed by atoms with van der Waals surface area (Å²) in [4.78, 5) is 10.2. The summed E-state index contributed by atoms with van der Waals surface area (Å²) in [7, 11) is 0. The molecule has 0 heterocycles. The van der Waals surface area contributed by atoms with Gasteiger partial charge in [-0.2, -0.15) is 0 Å². The summed E-state index contributed by atoms with van der Waals surface area (Å²) < 4.78 is 0. The SMILES string of the molecule is CCB(C)N[C@H](C=O)CO. The molecular formula is C6H14BNO2. The minimum absolute atomic E-state index is 0.117. The topological polar surface area (TPSA) is 49.3 Å². The van der Waals surface area contributed by atoms with Gasteiger partial charge in [0.2, 0.25) is 6.85 Å². The Hall–Kier alpha value is -0.345. The van der Waals surface area contributed by atoms with Gasteiger partial charge in [-0.3, -0.25) is 0 Å². The van der Waals surface area contributed by atoms with Gasteiger partial charge in [0.05, 0.1) is 12.6 Å². The quantitative estimate of drug-likeness (QED) is 0.413. The minimum atomic E-state index is -0.394. The van der Waals surface area contributed by atoms with Gasteiger partial charge in [0, 0.05) is 0 Å². The van der Waals surface area contributed by atoms with E-state index in [9.17, 15) is 4.79 Å². The highest BCUT2D eigenvalue weighted by molar-refractivity contribution is 6.54. The number of carbonyl (C=O) groups excluding carboxylic acids is 1. The zero-order valence-electron chi connectivity index (χ0n) is 6.50. The summed E-state index contributed by atoms with van der Waals surface area (Å²) in [5, 5.41) is 11.5. The molecular weight excluding hydrogens is 129 g/mol. The van der Waals surface area contributed by atoms with Crippen LogP contribution in [-0.2, 0) is 4.79 Å². The van der Waals surface area contributed by atoms with E-state index in [1.54, 1.807) is 0 Å². The lowest BCUT2D eigenvalue weighted by molar-refractivity contribution is -0.109. The second-order valence-corrected chi connectivity index (χ2v) is 2.40. The molecule has 2 N–H and O–H groups in total. The predicted molar refractivity (Wildman–Crippen MR) is 42.2 cm³/mol. The molecule has 0 rings (SSSR count). The molecule has 0 spiro atoms. The van der Waals surface area contributed by atoms with E-state index in [4.69, 9.17) is 5.11 Å². The molecule has 10 heavy (non-hydrogen) atoms. The summed E-state index contributed by atoms with van der Waals surface area (Å²) in [5.74, 6) is 0. The van der Waals surface area contributed by atoms with Crippen LogP contribution in [0.4, 0.5) is 0 Å². The summed E-state index contributed by atoms with van der Waals surface area (Å²) in [6.07, 6.45) is 1.69. The molecule has 3 nitrogen and oxygen atoms in total. The number of nitrogens with one attached hydrogen (secondary N) is 1. The molecule has 4 heteroatoms. The third-order valence-electron chi connectivity index (χ3n) is 1.47. The second-order valence-electron chi connectivity index (χ2n) is 2.40. The van der Waals surface area contributed by atoms with Gasteiger partial charge < -0.3 is 15.1 Å². The fraction of sp³-hybridized carbons (Fsp3) is 0.833. The number of aliphatic hydroxyl groups is 1. The highest BCUT2D eigenvalue weighted by atomic mass is 16.3. The molecule has 0 saturated heterocycles. The van der Waals surface area contributed by atoms with E-state index in [1.807, 2.05) is 13.7 Å². The predicted octanol–water partition coefficient (Wildman–Crippen LogP) is -0.223. The van der Waals surface area contributed by atoms with Crippen LogP contribution in [-0.4, -0.2) is 30.9 Å². The molecule has 0 bridgehead atoms. The Bertz CT molecular complexity index is 99.7. The maximum absolute atomic E-state index is 10.2. The smallest absolute Gasteiger partial charge is 0.217 e. The van der Waals surface area contributed by atoms with Gasteiger partial charge in [0.25, 0.3) is 0 Å². The molecule has 0 fully saturated rings. The number of aliphatic hydroxyl groups excluding tert-OH is 1. The summed E-state index contributed by atoms with van der Waals surface area (Å²) in [5.41, 5.74) is 0. The van der Waals surface area contributed by atoms with E-state index < -0.39 is 6.04 Å². The van der Waals surface area contributed by atoms with Gasteiger partial charge in [-0.05, 0) is 0 Å². The van der Waals surface area contributed by atoms with Crippen molar-refractivity contribution >= 4 is 13.1 Å². The second kappa shape index (κ2) is 5.44. The van der Waals surface area contributed by atoms with Gasteiger partial charge in [0.1, 0.15) is 6.29 Å². The van der Waals surface area contributed by atoms with Gasteiger partial charge >= 0.3 is 0 Å². The monoisotopic (exact) mass is 143 g/mol. The van der Waals surface area contributed by atoms with Crippen molar-refractivity contribution < 1.29 is 9.90 Å². The van der Waals surface area contributed by atoms with E-state index in [-0.39, 0.29) is 6.61 Å². The highest BCUT2D eigenvalue weighted by Crippen LogP contribution is 1.86. The van der Waals surface area contributed by atoms with Crippen molar-refractivity contribution in [2.75, 3.05) is 6.61 Å². The minimum Gasteiger partial charge on any atom is -0.394 e. The van der Waals surface area contributed by atoms with Crippen molar-refractivity contribution in [1.29, 1.82) is 0 Å². The fourth-order valence-electron chi connectivity index (χ4n) is 0.618. The molecule has 1 atom stereocenters. The first-order valence-corrected chi connectivity index (χ1v) is 3.56. The van der Waals surface area contributed by atoms with Crippen LogP contribution in [0, 0.1) is 0 Å². The van der Waals surface area contributed by atoms with Crippen molar-refractivity contribution in [3.05, 3.63) is 0 Å². The van der Waals surface area contributed by atoms with Crippen LogP contribution >= 0.6 is 0 Å². The number of carbonyl (C=O) groups is 1. The summed E-state index contributed by atoms with van der Waals surface area (Å²) >= 11 is 0. The van der Waals surface area contributed by atoms with Gasteiger partial charge in [-0.15, -0.1) is 0 Å². The van der Waals surface area contributed by atoms with Crippen molar-refractivity contribution in [2.45, 2.75) is 26.1 Å². The van der Waals surface area contributed by atoms with Crippen molar-refractivity contribution in [3.8, 4) is 0 Å². The molecule has 0 aliphatic carbocycles. The lowest BCUT2D eigenvalue weighted by atomic mass is 9.62. The molecule has 0 unspecified atom stereocenters. The van der Waals surface area contributed by atoms with Crippen molar-refractivity contribution in [1.82, 2.24) is 5.23 Å². The van der Waals surface area contributed by atoms with Gasteiger partial charge in [-0.1, -0.05) is 20.1 Å². The Kier molecular flexibility index (Phi) is 5.25. The third-order valence-corrected chi connectivity index (χ3v) is 1.47. The Morgan fingerprint density at radius 2 is 2.40 bits per heavy atom. The van der Waals surface area contributed by atoms with E-state index >= 15 is 0 Å². The highest BCUT2D eigenvalue weighted by Gasteiger charge is 2.10. The van der Waals surface area contributed by atoms with Gasteiger partial charge in [0.15, 0.2) is 0 Å². The number of aldehydes is 1. The first-order valence-electron chi connectivity index (χ1n) is 3.56. The Labute approximate surface area is 61.9 Å². The number of hydrogen-bond acceptors (Lipinski definition) is 3. The van der Waals surface area contributed by atoms with Crippen LogP contribution in [0.3, 0.4) is 0 Å². The molecule has 0 saturated carbocycles. The molecule has 0 radical (unpaired) electrons. The molecule has 0 aromatic carbocycles. The average Bonchev–Trinajstić information content (AvgIpc) is 1.99. The zero-order valence-corrected chi connectivity index (χ0v) is 6.50. The van der Waals surface area contributed by atoms with Crippen molar-refractivity contribution in [2.24, 2.45) is 0 Å². The van der Waals surface area contributed by atoms with E-state index in [1.165, 1.54) is 0 Å². The molecule has 0 aliphatic heterocycles. The Morgan fingerprint density at radius 3 is 2.70 bits per heavy atom. The third kappa shape index (κ3) is 3.64. The number of hydrogen-bond donors (Lipinski definition) is 2. The maximum Gasteiger partial charge on any atom is 0.217 e. The van der Waals surface area contributed by atoms with Crippen LogP contribution in [0.2, 0.25) is 13.1 Å². The molecule has 0 amide bonds. The summed E-state index contributed by atoms with van der Waals surface area (Å²) in [6.45, 7) is 4.18. The first kappa shape index (κ1) is 9.65. The van der Waals surface area contributed by atoms with Crippen LogP contribution in [0.15, 0.2) is 0 Å². The molecule has 0 aromatic rings. The normalized spacial score (nSPS) is 12.7. The maximum atomic E-state index is 10.2. The van der Waals surface area contributed by atoms with Crippen LogP contribution in [0.5, 0.6) is 0 Å². The fourth-order valence-corrected chi connectivity index (χ4v) is 0.618. The zero-order chi connectivity index (χ0) is 7.98. The average molecular weight is 143 g/mol. The molecule has 0 aliphatic rings. The standard InChI is InChI=1S/C6H14BNO2/c1-3-7(2)8-6(4-9)5-10/h4,6,8,10H,3,5H2,1-2H3/t6-/m1/s1. The Balaban J connectivity index is 3.51. The van der Waals surface area contributed by atoms with E-state index in [0.717, 1.165) is 12.6 Å². The number of rotatable bonds is 5. The molecule has 58 valence electrons. The Morgan fingerprint density at radius 1 is 1.80 bits per heavy atom. The van der Waals surface area contributed by atoms with E-state index in [2.05, 4.69) is 5.23 Å². The molecule has 0 aromatic heterocycles. The first-order chi connectivity index (χ1) is 4.74. The largest absolute Gasteiger partial charge is 0.394 e. The lowest BCUT2D eigenvalue weighted by Gasteiger charge is -2.12. The van der Waals surface area contributed by atoms with Crippen LogP contribution in [0.25, 0.3) is 0 Å². The van der Waals surface area contributed by atoms with E-state index in [0.29, 0.717) is 6.85 Å². The van der Waals surface area contributed by atoms with Gasteiger partial charge in [-0.25, -0.2) is 0 Å². The van der Waals surface area contributed by atoms with Crippen LogP contribution in [0.1, 0.15) is 6.92 Å². The van der Waals surface area contributed by atoms with Crippen LogP contribution < -0.4 is 5.23 Å². The van der Waals surface area contributed by atoms with Crippen molar-refractivity contribution in [3.63, 3.8) is 0 Å². The summed E-state index contributed by atoms with van der Waals surface area (Å²) in [6, 6.07) is -0.394.